The molecule has 0 aromatic rings. The largest absolute Gasteiger partial charge is 0.462 e. The van der Waals surface area contributed by atoms with E-state index in [0.717, 1.165) is 77.0 Å². The summed E-state index contributed by atoms with van der Waals surface area (Å²) in [4.78, 5) is 38.0. The fraction of sp³-hybridized carbons (Fsp3) is 0.779. The van der Waals surface area contributed by atoms with Crippen molar-refractivity contribution >= 4 is 17.9 Å². The summed E-state index contributed by atoms with van der Waals surface area (Å²) in [6.07, 6.45) is 81.0. The normalized spacial score (nSPS) is 12.5. The van der Waals surface area contributed by atoms with Gasteiger partial charge in [0.15, 0.2) is 6.10 Å². The summed E-state index contributed by atoms with van der Waals surface area (Å²) < 4.78 is 16.8. The van der Waals surface area contributed by atoms with Crippen LogP contribution in [0.2, 0.25) is 0 Å². The molecule has 0 aromatic carbocycles. The molecule has 0 rings (SSSR count). The third-order valence-electron chi connectivity index (χ3n) is 13.9. The molecule has 6 heteroatoms. The SMILES string of the molecule is CC/C=C\C/C=C\C/C=C\C/C=C\C/C=C\CCCC(=O)OC(COC(=O)CCCCCCCCCC)COC(=O)CCCCCCCCCCCCCCCCCCCCC/C=C\CCCCCCCCCC. The van der Waals surface area contributed by atoms with Gasteiger partial charge in [-0.1, -0.05) is 293 Å². The summed E-state index contributed by atoms with van der Waals surface area (Å²) >= 11 is 0. The van der Waals surface area contributed by atoms with Gasteiger partial charge in [0.2, 0.25) is 0 Å². The second-order valence-corrected chi connectivity index (χ2v) is 21.3. The van der Waals surface area contributed by atoms with Gasteiger partial charge >= 0.3 is 17.9 Å². The first-order chi connectivity index (χ1) is 36.5. The highest BCUT2D eigenvalue weighted by atomic mass is 16.6. The zero-order valence-corrected chi connectivity index (χ0v) is 49.1. The Labute approximate surface area is 459 Å². The predicted octanol–water partition coefficient (Wildman–Crippen LogP) is 21.7. The van der Waals surface area contributed by atoms with Crippen LogP contribution >= 0.6 is 0 Å². The van der Waals surface area contributed by atoms with E-state index < -0.39 is 6.10 Å². The molecule has 0 fully saturated rings. The Bertz CT molecular complexity index is 1370. The summed E-state index contributed by atoms with van der Waals surface area (Å²) in [7, 11) is 0. The molecule has 0 N–H and O–H groups in total. The smallest absolute Gasteiger partial charge is 0.306 e. The van der Waals surface area contributed by atoms with Crippen LogP contribution in [0.25, 0.3) is 0 Å². The van der Waals surface area contributed by atoms with Crippen molar-refractivity contribution in [2.75, 3.05) is 13.2 Å². The molecule has 0 aliphatic carbocycles. The lowest BCUT2D eigenvalue weighted by Gasteiger charge is -2.18. The Kier molecular flexibility index (Phi) is 59.7. The molecule has 74 heavy (non-hydrogen) atoms. The van der Waals surface area contributed by atoms with E-state index in [1.165, 1.54) is 199 Å². The van der Waals surface area contributed by atoms with Crippen LogP contribution in [0.1, 0.15) is 323 Å². The Balaban J connectivity index is 4.10. The molecule has 0 saturated carbocycles. The van der Waals surface area contributed by atoms with E-state index >= 15 is 0 Å². The van der Waals surface area contributed by atoms with Crippen LogP contribution in [0.4, 0.5) is 0 Å². The highest BCUT2D eigenvalue weighted by Crippen LogP contribution is 2.17. The van der Waals surface area contributed by atoms with Crippen LogP contribution in [0.15, 0.2) is 72.9 Å². The number of hydrogen-bond acceptors (Lipinski definition) is 6. The molecule has 0 bridgehead atoms. The van der Waals surface area contributed by atoms with E-state index in [2.05, 4.69) is 93.7 Å². The molecule has 0 spiro atoms. The second kappa shape index (κ2) is 62.4. The van der Waals surface area contributed by atoms with Gasteiger partial charge in [0.1, 0.15) is 13.2 Å². The van der Waals surface area contributed by atoms with Gasteiger partial charge in [0, 0.05) is 19.3 Å². The first-order valence-electron chi connectivity index (χ1n) is 31.9. The van der Waals surface area contributed by atoms with Crippen molar-refractivity contribution < 1.29 is 28.6 Å². The summed E-state index contributed by atoms with van der Waals surface area (Å²) in [5.74, 6) is -0.947. The molecule has 6 nitrogen and oxygen atoms in total. The number of carbonyl (C=O) groups excluding carboxylic acids is 3. The quantitative estimate of drug-likeness (QED) is 0.0261. The van der Waals surface area contributed by atoms with E-state index in [1.807, 2.05) is 0 Å². The molecule has 1 unspecified atom stereocenters. The van der Waals surface area contributed by atoms with Crippen LogP contribution in [0.3, 0.4) is 0 Å². The van der Waals surface area contributed by atoms with Crippen LogP contribution in [0.5, 0.6) is 0 Å². The standard InChI is InChI=1S/C68H120O6/c1-4-7-10-13-16-19-21-23-25-27-28-29-30-31-32-33-34-35-36-37-38-39-40-42-43-45-47-49-52-55-58-61-67(70)73-64-65(63-72-66(69)60-57-54-51-18-15-12-9-6-3)74-68(71)62-59-56-53-50-48-46-44-41-26-24-22-20-17-14-11-8-5-2/h8,11,17,20,24,26-28,44,46,50,53,65H,4-7,9-10,12-16,18-19,21-23,25,29-43,45,47-49,51-52,54-64H2,1-3H3/b11-8-,20-17-,26-24-,28-27-,46-44-,53-50-. The van der Waals surface area contributed by atoms with E-state index in [9.17, 15) is 14.4 Å². The first kappa shape index (κ1) is 70.8. The Morgan fingerprint density at radius 2 is 0.541 bits per heavy atom. The summed E-state index contributed by atoms with van der Waals surface area (Å²) in [6.45, 7) is 6.48. The monoisotopic (exact) mass is 1030 g/mol. The summed E-state index contributed by atoms with van der Waals surface area (Å²) in [5, 5.41) is 0. The zero-order valence-electron chi connectivity index (χ0n) is 49.1. The Morgan fingerprint density at radius 3 is 0.878 bits per heavy atom. The molecular formula is C68H120O6. The van der Waals surface area contributed by atoms with E-state index in [4.69, 9.17) is 14.2 Å². The van der Waals surface area contributed by atoms with Crippen LogP contribution in [-0.2, 0) is 28.6 Å². The van der Waals surface area contributed by atoms with Crippen LogP contribution < -0.4 is 0 Å². The maximum atomic E-state index is 12.8. The minimum atomic E-state index is -0.801. The van der Waals surface area contributed by atoms with Gasteiger partial charge in [0.05, 0.1) is 0 Å². The predicted molar refractivity (Wildman–Crippen MR) is 321 cm³/mol. The molecule has 0 radical (unpaired) electrons. The third-order valence-corrected chi connectivity index (χ3v) is 13.9. The van der Waals surface area contributed by atoms with Crippen LogP contribution in [0, 0.1) is 0 Å². The molecule has 428 valence electrons. The van der Waals surface area contributed by atoms with E-state index in [-0.39, 0.29) is 37.5 Å². The van der Waals surface area contributed by atoms with Gasteiger partial charge in [-0.2, -0.15) is 0 Å². The number of hydrogen-bond donors (Lipinski definition) is 0. The van der Waals surface area contributed by atoms with E-state index in [1.54, 1.807) is 0 Å². The van der Waals surface area contributed by atoms with Gasteiger partial charge in [0.25, 0.3) is 0 Å². The fourth-order valence-electron chi connectivity index (χ4n) is 9.18. The van der Waals surface area contributed by atoms with Gasteiger partial charge in [-0.3, -0.25) is 14.4 Å². The Hall–Kier alpha value is -3.15. The van der Waals surface area contributed by atoms with Gasteiger partial charge in [-0.15, -0.1) is 0 Å². The summed E-state index contributed by atoms with van der Waals surface area (Å²) in [5.41, 5.74) is 0. The molecule has 0 amide bonds. The summed E-state index contributed by atoms with van der Waals surface area (Å²) in [6, 6.07) is 0. The molecule has 0 heterocycles. The van der Waals surface area contributed by atoms with E-state index in [0.29, 0.717) is 19.3 Å². The zero-order chi connectivity index (χ0) is 53.6. The van der Waals surface area contributed by atoms with Gasteiger partial charge in [-0.05, 0) is 83.5 Å². The number of ether oxygens (including phenoxy) is 3. The molecule has 0 aromatic heterocycles. The van der Waals surface area contributed by atoms with Crippen LogP contribution in [-0.4, -0.2) is 37.2 Å². The highest BCUT2D eigenvalue weighted by Gasteiger charge is 2.19. The fourth-order valence-corrected chi connectivity index (χ4v) is 9.18. The van der Waals surface area contributed by atoms with Gasteiger partial charge in [-0.25, -0.2) is 0 Å². The van der Waals surface area contributed by atoms with Crippen molar-refractivity contribution in [1.82, 2.24) is 0 Å². The van der Waals surface area contributed by atoms with Crippen molar-refractivity contribution in [2.45, 2.75) is 329 Å². The minimum absolute atomic E-state index is 0.0948. The van der Waals surface area contributed by atoms with Gasteiger partial charge < -0.3 is 14.2 Å². The number of allylic oxidation sites excluding steroid dienone is 12. The average Bonchev–Trinajstić information content (AvgIpc) is 3.40. The first-order valence-corrected chi connectivity index (χ1v) is 31.9. The van der Waals surface area contributed by atoms with Crippen molar-refractivity contribution in [3.8, 4) is 0 Å². The lowest BCUT2D eigenvalue weighted by atomic mass is 10.0. The maximum Gasteiger partial charge on any atom is 0.306 e. The number of unbranched alkanes of at least 4 members (excludes halogenated alkanes) is 35. The number of rotatable bonds is 58. The Morgan fingerprint density at radius 1 is 0.284 bits per heavy atom. The average molecular weight is 1030 g/mol. The molecular weight excluding hydrogens is 913 g/mol. The second-order valence-electron chi connectivity index (χ2n) is 21.3. The molecule has 0 aliphatic rings. The maximum absolute atomic E-state index is 12.8. The third kappa shape index (κ3) is 59.7. The molecule has 1 atom stereocenters. The topological polar surface area (TPSA) is 78.9 Å². The lowest BCUT2D eigenvalue weighted by molar-refractivity contribution is -0.167. The molecule has 0 saturated heterocycles. The van der Waals surface area contributed by atoms with Crippen molar-refractivity contribution in [3.05, 3.63) is 72.9 Å². The molecule has 0 aliphatic heterocycles. The number of carbonyl (C=O) groups is 3. The van der Waals surface area contributed by atoms with Crippen molar-refractivity contribution in [2.24, 2.45) is 0 Å². The highest BCUT2D eigenvalue weighted by molar-refractivity contribution is 5.71. The lowest BCUT2D eigenvalue weighted by Crippen LogP contribution is -2.30. The number of esters is 3. The van der Waals surface area contributed by atoms with Crippen molar-refractivity contribution in [1.29, 1.82) is 0 Å². The van der Waals surface area contributed by atoms with Crippen molar-refractivity contribution in [3.63, 3.8) is 0 Å². The minimum Gasteiger partial charge on any atom is -0.462 e.